The molecule has 31 heavy (non-hydrogen) atoms. The van der Waals surface area contributed by atoms with Crippen molar-refractivity contribution in [3.8, 4) is 5.75 Å². The molecule has 1 fully saturated rings. The van der Waals surface area contributed by atoms with E-state index in [0.717, 1.165) is 32.4 Å². The first-order valence-corrected chi connectivity index (χ1v) is 11.1. The van der Waals surface area contributed by atoms with E-state index < -0.39 is 33.6 Å². The van der Waals surface area contributed by atoms with E-state index in [1.807, 2.05) is 4.90 Å². The second-order valence-electron chi connectivity index (χ2n) is 7.35. The average Bonchev–Trinajstić information content (AvgIpc) is 3.13. The summed E-state index contributed by atoms with van der Waals surface area (Å²) < 4.78 is 87.2. The van der Waals surface area contributed by atoms with Gasteiger partial charge in [0.1, 0.15) is 5.75 Å². The standard InChI is InChI=1S/C21H20F4N2O3S/c1-30-20-6-5-13(9-19(20)26-7-3-2-4-8-26)31(28,29)27-12-15(21(24)25)14-10-16(22)17(23)11-18(14)27/h5-6,9-12,21H,2-4,7-8H2,1H3. The first kappa shape index (κ1) is 21.5. The van der Waals surface area contributed by atoms with Crippen molar-refractivity contribution >= 4 is 26.6 Å². The van der Waals surface area contributed by atoms with Gasteiger partial charge in [-0.3, -0.25) is 0 Å². The first-order chi connectivity index (χ1) is 14.7. The molecule has 1 aromatic heterocycles. The van der Waals surface area contributed by atoms with E-state index in [9.17, 15) is 26.0 Å². The van der Waals surface area contributed by atoms with Crippen molar-refractivity contribution < 1.29 is 30.7 Å². The number of fused-ring (bicyclic) bond motifs is 1. The largest absolute Gasteiger partial charge is 0.495 e. The molecule has 0 bridgehead atoms. The van der Waals surface area contributed by atoms with Gasteiger partial charge in [-0.15, -0.1) is 0 Å². The molecule has 0 unspecified atom stereocenters. The molecule has 0 aliphatic carbocycles. The van der Waals surface area contributed by atoms with Gasteiger partial charge in [-0.25, -0.2) is 30.0 Å². The van der Waals surface area contributed by atoms with Crippen molar-refractivity contribution in [3.63, 3.8) is 0 Å². The van der Waals surface area contributed by atoms with Crippen LogP contribution < -0.4 is 9.64 Å². The maximum absolute atomic E-state index is 13.8. The van der Waals surface area contributed by atoms with Crippen molar-refractivity contribution in [2.45, 2.75) is 30.6 Å². The minimum atomic E-state index is -4.38. The summed E-state index contributed by atoms with van der Waals surface area (Å²) >= 11 is 0. The Bertz CT molecular complexity index is 1240. The molecule has 0 N–H and O–H groups in total. The van der Waals surface area contributed by atoms with Crippen LogP contribution >= 0.6 is 0 Å². The van der Waals surface area contributed by atoms with Gasteiger partial charge in [-0.05, 0) is 43.5 Å². The summed E-state index contributed by atoms with van der Waals surface area (Å²) in [5.41, 5.74) is -0.474. The zero-order valence-electron chi connectivity index (χ0n) is 16.6. The van der Waals surface area contributed by atoms with E-state index in [4.69, 9.17) is 4.74 Å². The summed E-state index contributed by atoms with van der Waals surface area (Å²) in [5, 5.41) is -0.359. The van der Waals surface area contributed by atoms with E-state index in [1.54, 1.807) is 0 Å². The predicted octanol–water partition coefficient (Wildman–Crippen LogP) is 5.09. The lowest BCUT2D eigenvalue weighted by atomic mass is 10.1. The molecule has 3 aromatic rings. The highest BCUT2D eigenvalue weighted by Gasteiger charge is 2.27. The molecule has 2 heterocycles. The number of benzene rings is 2. The number of hydrogen-bond donors (Lipinski definition) is 0. The van der Waals surface area contributed by atoms with Crippen LogP contribution in [0.3, 0.4) is 0 Å². The molecule has 1 saturated heterocycles. The zero-order chi connectivity index (χ0) is 22.3. The van der Waals surface area contributed by atoms with Crippen LogP contribution in [-0.2, 0) is 10.0 Å². The third-order valence-electron chi connectivity index (χ3n) is 5.48. The summed E-state index contributed by atoms with van der Waals surface area (Å²) in [7, 11) is -2.91. The molecule has 0 spiro atoms. The van der Waals surface area contributed by atoms with E-state index in [1.165, 1.54) is 25.3 Å². The van der Waals surface area contributed by atoms with Gasteiger partial charge in [0.2, 0.25) is 0 Å². The first-order valence-electron chi connectivity index (χ1n) is 9.70. The molecular weight excluding hydrogens is 436 g/mol. The lowest BCUT2D eigenvalue weighted by Gasteiger charge is -2.30. The SMILES string of the molecule is COc1ccc(S(=O)(=O)n2cc(C(F)F)c3cc(F)c(F)cc32)cc1N1CCCCC1. The Labute approximate surface area is 176 Å². The number of halogens is 4. The Balaban J connectivity index is 1.89. The van der Waals surface area contributed by atoms with E-state index >= 15 is 0 Å². The van der Waals surface area contributed by atoms with Gasteiger partial charge in [-0.1, -0.05) is 0 Å². The summed E-state index contributed by atoms with van der Waals surface area (Å²) in [5.74, 6) is -2.17. The fraction of sp³-hybridized carbons (Fsp3) is 0.333. The van der Waals surface area contributed by atoms with Crippen LogP contribution in [-0.4, -0.2) is 32.6 Å². The van der Waals surface area contributed by atoms with Crippen LogP contribution in [0.4, 0.5) is 23.2 Å². The monoisotopic (exact) mass is 456 g/mol. The Morgan fingerprint density at radius 1 is 1.00 bits per heavy atom. The van der Waals surface area contributed by atoms with Gasteiger partial charge in [0.15, 0.2) is 11.6 Å². The van der Waals surface area contributed by atoms with E-state index in [2.05, 4.69) is 0 Å². The van der Waals surface area contributed by atoms with Crippen molar-refractivity contribution in [1.82, 2.24) is 3.97 Å². The van der Waals surface area contributed by atoms with Gasteiger partial charge >= 0.3 is 0 Å². The minimum absolute atomic E-state index is 0.170. The molecule has 0 amide bonds. The summed E-state index contributed by atoms with van der Waals surface area (Å²) in [6.45, 7) is 1.46. The number of anilines is 1. The quantitative estimate of drug-likeness (QED) is 0.502. The van der Waals surface area contributed by atoms with E-state index in [0.29, 0.717) is 33.7 Å². The number of ether oxygens (including phenoxy) is 1. The van der Waals surface area contributed by atoms with Gasteiger partial charge in [-0.2, -0.15) is 0 Å². The fourth-order valence-corrected chi connectivity index (χ4v) is 5.30. The van der Waals surface area contributed by atoms with Gasteiger partial charge in [0.05, 0.1) is 23.2 Å². The van der Waals surface area contributed by atoms with Crippen molar-refractivity contribution in [3.05, 3.63) is 53.7 Å². The highest BCUT2D eigenvalue weighted by atomic mass is 32.2. The highest BCUT2D eigenvalue weighted by Crippen LogP contribution is 2.36. The molecule has 166 valence electrons. The molecule has 0 radical (unpaired) electrons. The third-order valence-corrected chi connectivity index (χ3v) is 7.15. The lowest BCUT2D eigenvalue weighted by molar-refractivity contribution is 0.153. The van der Waals surface area contributed by atoms with Crippen LogP contribution in [0.1, 0.15) is 31.3 Å². The zero-order valence-corrected chi connectivity index (χ0v) is 17.4. The third kappa shape index (κ3) is 3.73. The fourth-order valence-electron chi connectivity index (χ4n) is 3.91. The smallest absolute Gasteiger partial charge is 0.268 e. The van der Waals surface area contributed by atoms with Gasteiger partial charge < -0.3 is 9.64 Å². The summed E-state index contributed by atoms with van der Waals surface area (Å²) in [6.07, 6.45) is 0.623. The van der Waals surface area contributed by atoms with Crippen LogP contribution in [0.2, 0.25) is 0 Å². The average molecular weight is 456 g/mol. The van der Waals surface area contributed by atoms with E-state index in [-0.39, 0.29) is 15.8 Å². The number of rotatable bonds is 5. The Morgan fingerprint density at radius 3 is 2.32 bits per heavy atom. The number of hydrogen-bond acceptors (Lipinski definition) is 4. The molecule has 2 aromatic carbocycles. The second kappa shape index (κ2) is 8.07. The minimum Gasteiger partial charge on any atom is -0.495 e. The molecule has 0 saturated carbocycles. The van der Waals surface area contributed by atoms with Crippen LogP contribution in [0, 0.1) is 11.6 Å². The van der Waals surface area contributed by atoms with Crippen LogP contribution in [0.15, 0.2) is 41.4 Å². The summed E-state index contributed by atoms with van der Waals surface area (Å²) in [6, 6.07) is 5.42. The number of alkyl halides is 2. The molecule has 4 rings (SSSR count). The normalized spacial score (nSPS) is 15.1. The molecule has 0 atom stereocenters. The molecule has 1 aliphatic rings. The number of aromatic nitrogens is 1. The number of methoxy groups -OCH3 is 1. The molecule has 10 heteroatoms. The lowest BCUT2D eigenvalue weighted by Crippen LogP contribution is -2.30. The van der Waals surface area contributed by atoms with Crippen molar-refractivity contribution in [1.29, 1.82) is 0 Å². The summed E-state index contributed by atoms with van der Waals surface area (Å²) in [4.78, 5) is 1.84. The Morgan fingerprint density at radius 2 is 1.68 bits per heavy atom. The van der Waals surface area contributed by atoms with Crippen LogP contribution in [0.25, 0.3) is 10.9 Å². The van der Waals surface area contributed by atoms with Crippen molar-refractivity contribution in [2.24, 2.45) is 0 Å². The van der Waals surface area contributed by atoms with Gasteiger partial charge in [0.25, 0.3) is 16.4 Å². The number of piperidine rings is 1. The molecule has 5 nitrogen and oxygen atoms in total. The second-order valence-corrected chi connectivity index (χ2v) is 9.17. The topological polar surface area (TPSA) is 51.5 Å². The Hall–Kier alpha value is -2.75. The van der Waals surface area contributed by atoms with Gasteiger partial charge in [0, 0.05) is 36.3 Å². The molecular formula is C21H20F4N2O3S. The highest BCUT2D eigenvalue weighted by molar-refractivity contribution is 7.90. The Kier molecular flexibility index (Phi) is 5.59. The maximum atomic E-state index is 13.8. The maximum Gasteiger partial charge on any atom is 0.268 e. The molecule has 1 aliphatic heterocycles. The van der Waals surface area contributed by atoms with Crippen LogP contribution in [0.5, 0.6) is 5.75 Å². The number of nitrogens with zero attached hydrogens (tertiary/aromatic N) is 2. The van der Waals surface area contributed by atoms with Crippen molar-refractivity contribution in [2.75, 3.05) is 25.1 Å². The predicted molar refractivity (Wildman–Crippen MR) is 108 cm³/mol.